The predicted octanol–water partition coefficient (Wildman–Crippen LogP) is -0.0369. The maximum atomic E-state index is 11.3. The van der Waals surface area contributed by atoms with Gasteiger partial charge in [0.1, 0.15) is 5.82 Å². The van der Waals surface area contributed by atoms with Crippen LogP contribution in [0.2, 0.25) is 0 Å². The number of hydrogen-bond acceptors (Lipinski definition) is 6. The summed E-state index contributed by atoms with van der Waals surface area (Å²) in [6, 6.07) is -1.03. The first-order valence-corrected chi connectivity index (χ1v) is 4.78. The summed E-state index contributed by atoms with van der Waals surface area (Å²) in [5, 5.41) is 0. The number of imidazole rings is 1. The molecule has 7 heteroatoms. The number of methoxy groups -OCH3 is 1. The first-order valence-electron chi connectivity index (χ1n) is 4.78. The van der Waals surface area contributed by atoms with E-state index in [2.05, 4.69) is 14.7 Å². The minimum atomic E-state index is -1.03. The average molecular weight is 237 g/mol. The molecule has 1 heterocycles. The maximum absolute atomic E-state index is 11.3. The van der Waals surface area contributed by atoms with E-state index in [9.17, 15) is 14.4 Å². The molecule has 0 aliphatic carbocycles. The molecule has 0 aromatic carbocycles. The van der Waals surface area contributed by atoms with Gasteiger partial charge in [0.05, 0.1) is 7.11 Å². The number of ether oxygens (including phenoxy) is 1. The van der Waals surface area contributed by atoms with Crippen LogP contribution in [0.25, 0.3) is 0 Å². The molecule has 0 spiro atoms. The van der Waals surface area contributed by atoms with Crippen LogP contribution in [0.5, 0.6) is 0 Å². The van der Waals surface area contributed by atoms with E-state index in [4.69, 9.17) is 0 Å². The molecule has 0 saturated carbocycles. The van der Waals surface area contributed by atoms with E-state index in [-0.39, 0.29) is 12.3 Å². The van der Waals surface area contributed by atoms with Crippen molar-refractivity contribution in [3.63, 3.8) is 0 Å². The van der Waals surface area contributed by atoms with E-state index in [0.717, 1.165) is 0 Å². The summed E-state index contributed by atoms with van der Waals surface area (Å²) in [6.45, 7) is 1.36. The van der Waals surface area contributed by atoms with Gasteiger partial charge >= 0.3 is 5.97 Å². The van der Waals surface area contributed by atoms with Crippen molar-refractivity contribution in [1.29, 1.82) is 0 Å². The van der Waals surface area contributed by atoms with E-state index in [1.54, 1.807) is 0 Å². The number of hydrogen-bond donors (Lipinski definition) is 0. The molecular weight excluding hydrogens is 226 g/mol. The molecule has 0 aliphatic heterocycles. The lowest BCUT2D eigenvalue weighted by molar-refractivity contribution is -0.142. The van der Waals surface area contributed by atoms with Gasteiger partial charge in [0.2, 0.25) is 12.0 Å². The van der Waals surface area contributed by atoms with Crippen molar-refractivity contribution in [1.82, 2.24) is 9.55 Å². The van der Waals surface area contributed by atoms with Crippen molar-refractivity contribution >= 4 is 18.0 Å². The molecule has 0 radical (unpaired) electrons. The van der Waals surface area contributed by atoms with Crippen LogP contribution in [0.1, 0.15) is 17.5 Å². The van der Waals surface area contributed by atoms with Crippen molar-refractivity contribution < 1.29 is 19.1 Å². The van der Waals surface area contributed by atoms with Crippen LogP contribution in [0.3, 0.4) is 0 Å². The number of rotatable bonds is 4. The van der Waals surface area contributed by atoms with Crippen molar-refractivity contribution in [2.75, 3.05) is 7.11 Å². The van der Waals surface area contributed by atoms with Gasteiger partial charge in [-0.15, -0.1) is 0 Å². The van der Waals surface area contributed by atoms with Gasteiger partial charge in [-0.3, -0.25) is 9.36 Å². The minimum absolute atomic E-state index is 0.00843. The number of isocyanates is 1. The first-order chi connectivity index (χ1) is 8.10. The largest absolute Gasteiger partial charge is 0.467 e. The summed E-state index contributed by atoms with van der Waals surface area (Å²) in [5.74, 6) is -0.574. The molecular formula is C10H11N3O4. The van der Waals surface area contributed by atoms with Crippen LogP contribution in [-0.4, -0.2) is 40.7 Å². The van der Waals surface area contributed by atoms with E-state index in [1.165, 1.54) is 37.1 Å². The molecule has 0 bridgehead atoms. The number of esters is 1. The predicted molar refractivity (Wildman–Crippen MR) is 56.2 cm³/mol. The van der Waals surface area contributed by atoms with Crippen LogP contribution >= 0.6 is 0 Å². The summed E-state index contributed by atoms with van der Waals surface area (Å²) >= 11 is 0. The first kappa shape index (κ1) is 12.8. The van der Waals surface area contributed by atoms with Crippen molar-refractivity contribution in [2.24, 2.45) is 4.99 Å². The van der Waals surface area contributed by atoms with Gasteiger partial charge in [0.15, 0.2) is 6.04 Å². The molecule has 7 nitrogen and oxygen atoms in total. The Morgan fingerprint density at radius 3 is 2.88 bits per heavy atom. The van der Waals surface area contributed by atoms with Gasteiger partial charge in [-0.1, -0.05) is 0 Å². The van der Waals surface area contributed by atoms with Crippen LogP contribution in [-0.2, 0) is 20.7 Å². The third kappa shape index (κ3) is 3.09. The Labute approximate surface area is 97.1 Å². The second kappa shape index (κ2) is 5.72. The molecule has 90 valence electrons. The van der Waals surface area contributed by atoms with E-state index < -0.39 is 12.0 Å². The third-order valence-electron chi connectivity index (χ3n) is 2.11. The highest BCUT2D eigenvalue weighted by atomic mass is 16.5. The van der Waals surface area contributed by atoms with Crippen molar-refractivity contribution in [3.8, 4) is 0 Å². The lowest BCUT2D eigenvalue weighted by atomic mass is 10.2. The molecule has 17 heavy (non-hydrogen) atoms. The summed E-state index contributed by atoms with van der Waals surface area (Å²) in [6.07, 6.45) is 4.20. The number of aromatic nitrogens is 2. The topological polar surface area (TPSA) is 90.6 Å². The van der Waals surface area contributed by atoms with E-state index in [1.807, 2.05) is 0 Å². The van der Waals surface area contributed by atoms with E-state index >= 15 is 0 Å². The Morgan fingerprint density at radius 2 is 2.35 bits per heavy atom. The quantitative estimate of drug-likeness (QED) is 0.416. The molecule has 0 amide bonds. The number of nitrogens with zero attached hydrogens (tertiary/aromatic N) is 3. The van der Waals surface area contributed by atoms with Gasteiger partial charge in [0.25, 0.3) is 0 Å². The number of aliphatic imine (C=N–C) groups is 1. The number of carbonyl (C=O) groups is 2. The Bertz CT molecular complexity index is 474. The van der Waals surface area contributed by atoms with Crippen molar-refractivity contribution in [2.45, 2.75) is 19.4 Å². The lowest BCUT2D eigenvalue weighted by Crippen LogP contribution is -2.25. The fourth-order valence-corrected chi connectivity index (χ4v) is 1.33. The molecule has 1 atom stereocenters. The van der Waals surface area contributed by atoms with Crippen LogP contribution in [0, 0.1) is 0 Å². The molecule has 0 fully saturated rings. The minimum Gasteiger partial charge on any atom is -0.467 e. The Morgan fingerprint density at radius 1 is 1.65 bits per heavy atom. The van der Waals surface area contributed by atoms with Gasteiger partial charge in [-0.2, -0.15) is 4.99 Å². The fourth-order valence-electron chi connectivity index (χ4n) is 1.33. The molecule has 1 aromatic heterocycles. The SMILES string of the molecule is COC(=O)C(Cc1nccn1C(C)=O)N=C=O. The smallest absolute Gasteiger partial charge is 0.332 e. The maximum Gasteiger partial charge on any atom is 0.332 e. The third-order valence-corrected chi connectivity index (χ3v) is 2.11. The summed E-state index contributed by atoms with van der Waals surface area (Å²) in [7, 11) is 1.19. The van der Waals surface area contributed by atoms with Crippen LogP contribution in [0.15, 0.2) is 17.4 Å². The van der Waals surface area contributed by atoms with Gasteiger partial charge in [0, 0.05) is 25.7 Å². The van der Waals surface area contributed by atoms with Crippen LogP contribution < -0.4 is 0 Å². The number of carbonyl (C=O) groups excluding carboxylic acids is 3. The van der Waals surface area contributed by atoms with Gasteiger partial charge < -0.3 is 4.74 Å². The molecule has 1 rings (SSSR count). The fraction of sp³-hybridized carbons (Fsp3) is 0.400. The zero-order valence-electron chi connectivity index (χ0n) is 9.41. The van der Waals surface area contributed by atoms with Gasteiger partial charge in [-0.05, 0) is 0 Å². The zero-order chi connectivity index (χ0) is 12.8. The standard InChI is InChI=1S/C10H11N3O4/c1-7(15)13-4-3-11-9(13)5-8(12-6-14)10(16)17-2/h3-4,8H,5H2,1-2H3. The van der Waals surface area contributed by atoms with Crippen LogP contribution in [0.4, 0.5) is 0 Å². The Hall–Kier alpha value is -2.27. The molecule has 0 aliphatic rings. The summed E-state index contributed by atoms with van der Waals surface area (Å²) < 4.78 is 5.75. The van der Waals surface area contributed by atoms with E-state index in [0.29, 0.717) is 5.82 Å². The second-order valence-electron chi connectivity index (χ2n) is 3.20. The monoisotopic (exact) mass is 237 g/mol. The summed E-state index contributed by atoms with van der Waals surface area (Å²) in [5.41, 5.74) is 0. The Kier molecular flexibility index (Phi) is 4.30. The molecule has 1 unspecified atom stereocenters. The Balaban J connectivity index is 2.93. The van der Waals surface area contributed by atoms with Gasteiger partial charge in [-0.25, -0.2) is 14.6 Å². The molecule has 1 aromatic rings. The normalized spacial score (nSPS) is 11.4. The lowest BCUT2D eigenvalue weighted by Gasteiger charge is -2.08. The summed E-state index contributed by atoms with van der Waals surface area (Å²) in [4.78, 5) is 39.9. The molecule has 0 saturated heterocycles. The molecule has 0 N–H and O–H groups in total. The second-order valence-corrected chi connectivity index (χ2v) is 3.20. The highest BCUT2D eigenvalue weighted by Gasteiger charge is 2.21. The van der Waals surface area contributed by atoms with Crippen molar-refractivity contribution in [3.05, 3.63) is 18.2 Å². The zero-order valence-corrected chi connectivity index (χ0v) is 9.41. The highest BCUT2D eigenvalue weighted by molar-refractivity contribution is 5.78. The highest BCUT2D eigenvalue weighted by Crippen LogP contribution is 2.06. The average Bonchev–Trinajstić information content (AvgIpc) is 2.75.